The number of amides is 5. The molecule has 135 heavy (non-hydrogen) atoms. The van der Waals surface area contributed by atoms with Crippen LogP contribution in [0, 0.1) is 5.41 Å². The average molecular weight is 1940 g/mol. The Bertz CT molecular complexity index is 7680. The number of aliphatic carboxylic acids is 2. The second-order valence-electron chi connectivity index (χ2n) is 28.3. The van der Waals surface area contributed by atoms with E-state index in [9.17, 15) is 126 Å². The Kier molecular flexibility index (Phi) is 31.3. The number of ketones is 4. The van der Waals surface area contributed by atoms with Crippen molar-refractivity contribution >= 4 is 219 Å². The van der Waals surface area contributed by atoms with Crippen LogP contribution in [-0.2, 0) is 87.7 Å². The van der Waals surface area contributed by atoms with Gasteiger partial charge in [-0.05, 0) is 197 Å². The van der Waals surface area contributed by atoms with E-state index in [0.29, 0.717) is 73.6 Å². The molecule has 5 amide bonds. The third kappa shape index (κ3) is 26.4. The van der Waals surface area contributed by atoms with Crippen molar-refractivity contribution in [2.24, 2.45) is 36.1 Å². The Morgan fingerprint density at radius 3 is 1.10 bits per heavy atom. The van der Waals surface area contributed by atoms with Crippen molar-refractivity contribution in [2.45, 2.75) is 78.2 Å². The monoisotopic (exact) mass is 1940 g/mol. The quantitative estimate of drug-likeness (QED) is 0.00475. The summed E-state index contributed by atoms with van der Waals surface area (Å²) in [6.45, 7) is 4.36. The zero-order valence-electron chi connectivity index (χ0n) is 68.8. The molecule has 700 valence electrons. The highest BCUT2D eigenvalue weighted by molar-refractivity contribution is 7.94. The summed E-state index contributed by atoms with van der Waals surface area (Å²) in [4.78, 5) is 219. The summed E-state index contributed by atoms with van der Waals surface area (Å²) in [6, 6.07) is 30.4. The molecule has 0 saturated carbocycles. The second kappa shape index (κ2) is 42.3. The van der Waals surface area contributed by atoms with Gasteiger partial charge in [-0.15, -0.1) is 4.33 Å². The van der Waals surface area contributed by atoms with E-state index in [1.54, 1.807) is 24.3 Å². The lowest BCUT2D eigenvalue weighted by atomic mass is 9.76. The number of rotatable bonds is 32. The van der Waals surface area contributed by atoms with Crippen LogP contribution in [0.1, 0.15) is 71.6 Å². The van der Waals surface area contributed by atoms with E-state index in [1.165, 1.54) is 98.8 Å². The van der Waals surface area contributed by atoms with Gasteiger partial charge in [0.2, 0.25) is 24.0 Å². The van der Waals surface area contributed by atoms with Crippen molar-refractivity contribution in [1.29, 1.82) is 0 Å². The minimum Gasteiger partial charge on any atom is -0.481 e. The van der Waals surface area contributed by atoms with Crippen LogP contribution in [0.2, 0.25) is 0 Å². The highest BCUT2D eigenvalue weighted by Gasteiger charge is 2.47. The van der Waals surface area contributed by atoms with Gasteiger partial charge in [-0.1, -0.05) is 5.04 Å². The zero-order valence-corrected chi connectivity index (χ0v) is 72.1. The number of imidazole rings is 4. The summed E-state index contributed by atoms with van der Waals surface area (Å²) >= 11 is 0.356. The minimum absolute atomic E-state index is 0.00639. The number of nitrogens with zero attached hydrogens (tertiary/aromatic N) is 6. The van der Waals surface area contributed by atoms with Gasteiger partial charge in [0.15, 0.2) is 17.3 Å². The SMILES string of the molecule is CC(=O)C(CC(=O)O)(CC(=O)O)C(=O)Nc1ccc2[nH]c(=O)[nH]c2c1.CC(=O)C(N=Nc1cc(SOOO)cc2cc(S(=O)(=O)O)cc(S(=O)(=O)O)c12)C(=O)Nc1ccc2[nH]c(=O)[nH]c2c1.CC(=O)C(N=Nc1ccc(C(=O)Nc2cc(C(=O)O)cc(C(=O)O)c2)cc1)C(=O)Nc1ccc2[nH]c(=O)[nH]c2c1.CC(=O)C(N=Nc1ccc(S(=O)(=O)O)cc1)C(=O)Nc1ccc2[nH]c(=O)[nH]c2c1. The molecule has 4 heterocycles. The Labute approximate surface area is 754 Å². The van der Waals surface area contributed by atoms with Gasteiger partial charge in [0.05, 0.1) is 107 Å². The molecule has 0 aliphatic carbocycles. The highest BCUT2D eigenvalue weighted by atomic mass is 32.2. The molecule has 13 rings (SSSR count). The number of anilines is 5. The highest BCUT2D eigenvalue weighted by Crippen LogP contribution is 2.40. The number of benzene rings is 9. The summed E-state index contributed by atoms with van der Waals surface area (Å²) in [7, 11) is -14.4. The molecule has 3 unspecified atom stereocenters. The van der Waals surface area contributed by atoms with Gasteiger partial charge in [-0.3, -0.25) is 66.4 Å². The molecular formula is C79H67N19O33S4. The summed E-state index contributed by atoms with van der Waals surface area (Å²) in [5, 5.41) is 82.9. The Balaban J connectivity index is 0.000000190. The van der Waals surface area contributed by atoms with Crippen LogP contribution in [0.5, 0.6) is 0 Å². The van der Waals surface area contributed by atoms with Crippen LogP contribution in [0.3, 0.4) is 0 Å². The number of aromatic carboxylic acids is 2. The van der Waals surface area contributed by atoms with Gasteiger partial charge < -0.3 is 86.9 Å². The molecule has 0 spiro atoms. The first-order valence-electron chi connectivity index (χ1n) is 37.6. The van der Waals surface area contributed by atoms with Crippen molar-refractivity contribution < 1.29 is 136 Å². The van der Waals surface area contributed by atoms with Crippen LogP contribution in [0.4, 0.5) is 45.5 Å². The van der Waals surface area contributed by atoms with Crippen molar-refractivity contribution in [3.05, 3.63) is 222 Å². The number of azo groups is 3. The number of H-pyrrole nitrogens is 8. The lowest BCUT2D eigenvalue weighted by molar-refractivity contribution is -0.432. The third-order valence-corrected chi connectivity index (χ3v) is 21.7. The number of carbonyl (C=O) groups is 13. The standard InChI is InChI=1S/C26H20N6O8.C21H17N5O12S3.C17H15N5O6S.C15H15N3O7/c1-12(33)21(23(35)27-17-6-7-19-20(11-17)30-26(40)29-19)32-31-16-4-2-13(3-5-16)22(34)28-18-9-14(24(36)37)8-15(10-18)25(38)39;1-9(27)19(20(28)22-11-2-3-14-15(6-11)24-21(29)23-14)26-25-16-7-12(39-38-37-30)4-10-5-13(40(31,32)33)8-17(18(10)16)41(34,35)36;1-9(23)15(22-21-10-2-5-12(6-3-10)29(26,27)28)16(24)18-11-4-7-13-14(8-11)20-17(25)19-13;1-7(19)15(5-11(20)21,6-12(22)23)13(24)16-8-2-3-9-10(4-8)18-14(25)17-9/h2-11,21H,1H3,(H,27,35)(H,28,34)(H,36,37)(H,38,39)(H2,29,30,40);2-8,19,30H,1H3,(H,22,28)(H2,23,24,29)(H,31,32,33)(H,34,35,36);2-8,15H,1H3,(H,18,24)(H2,19,20,25)(H,26,27,28);2-4H,5-6H2,1H3,(H,16,24)(H,20,21)(H,22,23)(H2,17,18,25). The molecule has 9 aromatic carbocycles. The largest absolute Gasteiger partial charge is 0.481 e. The Hall–Kier alpha value is -17.0. The smallest absolute Gasteiger partial charge is 0.335 e. The van der Waals surface area contributed by atoms with E-state index in [4.69, 9.17) is 20.0 Å². The maximum absolute atomic E-state index is 12.9. The van der Waals surface area contributed by atoms with Gasteiger partial charge >= 0.3 is 46.6 Å². The molecular weight excluding hydrogens is 1870 g/mol. The topological polar surface area (TPSA) is 834 Å². The number of aromatic nitrogens is 8. The molecule has 0 fully saturated rings. The van der Waals surface area contributed by atoms with Crippen molar-refractivity contribution in [3.63, 3.8) is 0 Å². The first kappa shape index (κ1) is 100. The van der Waals surface area contributed by atoms with Crippen molar-refractivity contribution in [1.82, 2.24) is 39.9 Å². The Morgan fingerprint density at radius 2 is 0.756 bits per heavy atom. The number of nitrogens with one attached hydrogen (secondary N) is 13. The number of carboxylic acid groups (broad SMARTS) is 4. The number of carboxylic acids is 4. The predicted molar refractivity (Wildman–Crippen MR) is 470 cm³/mol. The van der Waals surface area contributed by atoms with Crippen molar-refractivity contribution in [2.75, 3.05) is 26.6 Å². The van der Waals surface area contributed by atoms with Crippen LogP contribution >= 0.6 is 12.0 Å². The fraction of sp³-hybridized carbons (Fsp3) is 0.127. The van der Waals surface area contributed by atoms with E-state index < -0.39 is 181 Å². The van der Waals surface area contributed by atoms with E-state index in [-0.39, 0.29) is 66.0 Å². The van der Waals surface area contributed by atoms with E-state index in [0.717, 1.165) is 62.4 Å². The molecule has 21 N–H and O–H groups in total. The fourth-order valence-corrected chi connectivity index (χ4v) is 14.5. The van der Waals surface area contributed by atoms with Gasteiger partial charge in [0, 0.05) is 44.3 Å². The zero-order chi connectivity index (χ0) is 99.0. The lowest BCUT2D eigenvalue weighted by Gasteiger charge is -2.26. The summed E-state index contributed by atoms with van der Waals surface area (Å²) in [5.74, 6) is -12.6. The number of Topliss-reactive ketones (excluding diaryl/α,β-unsaturated/α-hetero) is 4. The maximum Gasteiger partial charge on any atom is 0.335 e. The molecule has 0 radical (unpaired) electrons. The molecule has 0 aliphatic heterocycles. The molecule has 0 bridgehead atoms. The van der Waals surface area contributed by atoms with Gasteiger partial charge in [-0.2, -0.15) is 55.9 Å². The predicted octanol–water partition coefficient (Wildman–Crippen LogP) is 7.90. The fourth-order valence-electron chi connectivity index (χ4n) is 12.2. The van der Waals surface area contributed by atoms with Gasteiger partial charge in [0.1, 0.15) is 16.1 Å². The first-order chi connectivity index (χ1) is 63.4. The van der Waals surface area contributed by atoms with Gasteiger partial charge in [0.25, 0.3) is 54.0 Å². The molecule has 0 aliphatic rings. The van der Waals surface area contributed by atoms with E-state index >= 15 is 0 Å². The van der Waals surface area contributed by atoms with Crippen LogP contribution < -0.4 is 49.3 Å². The molecule has 52 nitrogen and oxygen atoms in total. The molecule has 4 aromatic heterocycles. The number of hydrogen-bond donors (Lipinski definition) is 21. The average Bonchev–Trinajstić information content (AvgIpc) is 1.65. The van der Waals surface area contributed by atoms with Crippen molar-refractivity contribution in [3.8, 4) is 0 Å². The normalized spacial score (nSPS) is 12.3. The van der Waals surface area contributed by atoms with Crippen LogP contribution in [0.25, 0.3) is 54.9 Å². The Morgan fingerprint density at radius 1 is 0.393 bits per heavy atom. The molecule has 56 heteroatoms. The number of fused-ring (bicyclic) bond motifs is 5. The van der Waals surface area contributed by atoms with E-state index in [2.05, 4.69) is 107 Å². The summed E-state index contributed by atoms with van der Waals surface area (Å²) < 4.78 is 102. The van der Waals surface area contributed by atoms with Crippen LogP contribution in [0.15, 0.2) is 233 Å². The van der Waals surface area contributed by atoms with E-state index in [1.807, 2.05) is 0 Å². The summed E-state index contributed by atoms with van der Waals surface area (Å²) in [6.07, 6.45) is -1.91. The first-order valence-corrected chi connectivity index (χ1v) is 42.6. The minimum atomic E-state index is -5.15. The summed E-state index contributed by atoms with van der Waals surface area (Å²) in [5.41, 5.74) is 0.316. The maximum atomic E-state index is 12.9. The second-order valence-corrected chi connectivity index (χ2v) is 33.3. The number of aromatic amines is 8. The molecule has 3 atom stereocenters. The molecule has 0 saturated heterocycles. The third-order valence-electron chi connectivity index (χ3n) is 18.5. The lowest BCUT2D eigenvalue weighted by Crippen LogP contribution is -2.45. The van der Waals surface area contributed by atoms with Crippen LogP contribution in [-0.4, -0.2) is 199 Å². The number of carbonyl (C=O) groups excluding carboxylic acids is 9. The molecule has 13 aromatic rings. The van der Waals surface area contributed by atoms with Gasteiger partial charge in [-0.25, -0.2) is 34.0 Å². The number of hydrogen-bond acceptors (Lipinski definition) is 33.